The molecule has 1 aliphatic heterocycles. The summed E-state index contributed by atoms with van der Waals surface area (Å²) in [6, 6.07) is 1.35. The zero-order valence-electron chi connectivity index (χ0n) is 19.0. The summed E-state index contributed by atoms with van der Waals surface area (Å²) in [6.45, 7) is 4.24. The largest absolute Gasteiger partial charge is 0.485 e. The van der Waals surface area contributed by atoms with Crippen LogP contribution >= 0.6 is 0 Å². The van der Waals surface area contributed by atoms with E-state index in [0.717, 1.165) is 12.4 Å². The van der Waals surface area contributed by atoms with Gasteiger partial charge in [0.05, 0.1) is 42.5 Å². The maximum absolute atomic E-state index is 13.2. The molecule has 0 fully saturated rings. The normalized spacial score (nSPS) is 16.2. The zero-order valence-corrected chi connectivity index (χ0v) is 19.8. The molecule has 11 nitrogen and oxygen atoms in total. The minimum absolute atomic E-state index is 0.0421. The van der Waals surface area contributed by atoms with Crippen molar-refractivity contribution in [3.63, 3.8) is 0 Å². The molecule has 0 unspecified atom stereocenters. The van der Waals surface area contributed by atoms with Crippen LogP contribution < -0.4 is 9.47 Å². The van der Waals surface area contributed by atoms with E-state index in [9.17, 15) is 12.8 Å². The molecule has 0 N–H and O–H groups in total. The standard InChI is InChI=1S/C21H25FN6O5S/c1-4-32-21-19-16(5-6-23-21)20-27-26-18(28(20)15(10-31-3)11-33-19)12-34(29,30)13(2)7-17-24-8-14(22)9-25-17/h5-6,8-9,13,15H,4,7,10-12H2,1-3H3/t13-,15-/m0/s1. The number of methoxy groups -OCH3 is 1. The van der Waals surface area contributed by atoms with Crippen molar-refractivity contribution in [1.82, 2.24) is 29.7 Å². The van der Waals surface area contributed by atoms with Gasteiger partial charge >= 0.3 is 0 Å². The Balaban J connectivity index is 1.68. The van der Waals surface area contributed by atoms with Gasteiger partial charge in [-0.25, -0.2) is 27.8 Å². The molecule has 1 aliphatic rings. The van der Waals surface area contributed by atoms with Crippen molar-refractivity contribution in [2.75, 3.05) is 26.9 Å². The summed E-state index contributed by atoms with van der Waals surface area (Å²) in [4.78, 5) is 12.0. The number of hydrogen-bond acceptors (Lipinski definition) is 10. The third kappa shape index (κ3) is 4.85. The zero-order chi connectivity index (χ0) is 24.3. The number of hydrogen-bond donors (Lipinski definition) is 0. The number of nitrogens with zero attached hydrogens (tertiary/aromatic N) is 6. The molecule has 182 valence electrons. The summed E-state index contributed by atoms with van der Waals surface area (Å²) >= 11 is 0. The summed E-state index contributed by atoms with van der Waals surface area (Å²) in [5.41, 5.74) is 0.598. The first-order valence-corrected chi connectivity index (χ1v) is 12.4. The van der Waals surface area contributed by atoms with E-state index in [1.54, 1.807) is 30.9 Å². The van der Waals surface area contributed by atoms with Gasteiger partial charge in [0, 0.05) is 19.7 Å². The Morgan fingerprint density at radius 1 is 1.26 bits per heavy atom. The Kier molecular flexibility index (Phi) is 7.03. The Morgan fingerprint density at radius 3 is 2.74 bits per heavy atom. The molecule has 0 amide bonds. The van der Waals surface area contributed by atoms with E-state index in [1.165, 1.54) is 0 Å². The van der Waals surface area contributed by atoms with Gasteiger partial charge < -0.3 is 18.8 Å². The highest BCUT2D eigenvalue weighted by molar-refractivity contribution is 7.91. The van der Waals surface area contributed by atoms with Crippen LogP contribution in [0.2, 0.25) is 0 Å². The second-order valence-corrected chi connectivity index (χ2v) is 10.2. The number of sulfone groups is 1. The molecule has 0 radical (unpaired) electrons. The molecule has 0 saturated carbocycles. The first-order valence-electron chi connectivity index (χ1n) is 10.7. The summed E-state index contributed by atoms with van der Waals surface area (Å²) in [6.07, 6.45) is 3.64. The van der Waals surface area contributed by atoms with Crippen LogP contribution in [0.3, 0.4) is 0 Å². The van der Waals surface area contributed by atoms with Crippen molar-refractivity contribution in [3.05, 3.63) is 42.1 Å². The van der Waals surface area contributed by atoms with Gasteiger partial charge in [0.1, 0.15) is 24.0 Å². The molecule has 3 aromatic rings. The molecule has 13 heteroatoms. The minimum Gasteiger partial charge on any atom is -0.485 e. The Labute approximate surface area is 196 Å². The van der Waals surface area contributed by atoms with Gasteiger partial charge in [-0.1, -0.05) is 0 Å². The molecule has 0 aromatic carbocycles. The molecule has 0 spiro atoms. The van der Waals surface area contributed by atoms with E-state index in [-0.39, 0.29) is 43.1 Å². The van der Waals surface area contributed by atoms with Gasteiger partial charge in [-0.15, -0.1) is 10.2 Å². The van der Waals surface area contributed by atoms with Crippen molar-refractivity contribution < 1.29 is 27.0 Å². The molecule has 4 rings (SSSR count). The maximum Gasteiger partial charge on any atom is 0.257 e. The van der Waals surface area contributed by atoms with Crippen LogP contribution in [-0.4, -0.2) is 70.3 Å². The van der Waals surface area contributed by atoms with Gasteiger partial charge in [0.15, 0.2) is 27.2 Å². The summed E-state index contributed by atoms with van der Waals surface area (Å²) in [5.74, 6) is 0.754. The lowest BCUT2D eigenvalue weighted by Gasteiger charge is -2.19. The van der Waals surface area contributed by atoms with E-state index < -0.39 is 20.9 Å². The van der Waals surface area contributed by atoms with Gasteiger partial charge in [-0.2, -0.15) is 0 Å². The predicted molar refractivity (Wildman–Crippen MR) is 119 cm³/mol. The number of aromatic nitrogens is 6. The Bertz CT molecular complexity index is 1250. The second kappa shape index (κ2) is 9.97. The number of pyridine rings is 1. The van der Waals surface area contributed by atoms with E-state index in [4.69, 9.17) is 14.2 Å². The van der Waals surface area contributed by atoms with Crippen LogP contribution in [0.25, 0.3) is 11.4 Å². The van der Waals surface area contributed by atoms with Crippen LogP contribution in [0.5, 0.6) is 11.6 Å². The van der Waals surface area contributed by atoms with Crippen molar-refractivity contribution >= 4 is 9.84 Å². The average Bonchev–Trinajstić information content (AvgIpc) is 3.13. The molecular weight excluding hydrogens is 467 g/mol. The lowest BCUT2D eigenvalue weighted by molar-refractivity contribution is 0.122. The van der Waals surface area contributed by atoms with Crippen LogP contribution in [0, 0.1) is 5.82 Å². The van der Waals surface area contributed by atoms with Gasteiger partial charge in [-0.05, 0) is 19.9 Å². The molecule has 0 aliphatic carbocycles. The maximum atomic E-state index is 13.2. The van der Waals surface area contributed by atoms with Crippen molar-refractivity contribution in [1.29, 1.82) is 0 Å². The highest BCUT2D eigenvalue weighted by atomic mass is 32.2. The second-order valence-electron chi connectivity index (χ2n) is 7.80. The SMILES string of the molecule is CCOc1nccc2c1OC[C@H](COC)n1c(CS(=O)(=O)[C@@H](C)Cc3ncc(F)cn3)nnc1-2. The molecule has 34 heavy (non-hydrogen) atoms. The fourth-order valence-corrected chi connectivity index (χ4v) is 4.94. The summed E-state index contributed by atoms with van der Waals surface area (Å²) in [7, 11) is -2.13. The first-order chi connectivity index (χ1) is 16.3. The molecule has 0 bridgehead atoms. The smallest absolute Gasteiger partial charge is 0.257 e. The Morgan fingerprint density at radius 2 is 2.03 bits per heavy atom. The van der Waals surface area contributed by atoms with Crippen molar-refractivity contribution in [2.24, 2.45) is 0 Å². The van der Waals surface area contributed by atoms with Crippen molar-refractivity contribution in [2.45, 2.75) is 37.3 Å². The van der Waals surface area contributed by atoms with Crippen LogP contribution in [0.4, 0.5) is 4.39 Å². The molecular formula is C21H25FN6O5S. The van der Waals surface area contributed by atoms with E-state index >= 15 is 0 Å². The number of fused-ring (bicyclic) bond motifs is 3. The van der Waals surface area contributed by atoms with Crippen molar-refractivity contribution in [3.8, 4) is 23.0 Å². The third-order valence-electron chi connectivity index (χ3n) is 5.39. The van der Waals surface area contributed by atoms with Crippen LogP contribution in [0.1, 0.15) is 31.5 Å². The monoisotopic (exact) mass is 492 g/mol. The van der Waals surface area contributed by atoms with Gasteiger partial charge in [-0.3, -0.25) is 0 Å². The van der Waals surface area contributed by atoms with Gasteiger partial charge in [0.2, 0.25) is 0 Å². The highest BCUT2D eigenvalue weighted by Crippen LogP contribution is 2.40. The lowest BCUT2D eigenvalue weighted by atomic mass is 10.2. The minimum atomic E-state index is -3.69. The quantitative estimate of drug-likeness (QED) is 0.435. The lowest BCUT2D eigenvalue weighted by Crippen LogP contribution is -2.27. The molecule has 2 atom stereocenters. The highest BCUT2D eigenvalue weighted by Gasteiger charge is 2.33. The van der Waals surface area contributed by atoms with Gasteiger partial charge in [0.25, 0.3) is 5.88 Å². The number of ether oxygens (including phenoxy) is 3. The van der Waals surface area contributed by atoms with E-state index in [2.05, 4.69) is 25.1 Å². The molecule has 3 aromatic heterocycles. The predicted octanol–water partition coefficient (Wildman–Crippen LogP) is 1.79. The molecule has 4 heterocycles. The van der Waals surface area contributed by atoms with E-state index in [0.29, 0.717) is 29.6 Å². The van der Waals surface area contributed by atoms with Crippen LogP contribution in [-0.2, 0) is 26.7 Å². The summed E-state index contributed by atoms with van der Waals surface area (Å²) in [5, 5.41) is 7.68. The van der Waals surface area contributed by atoms with E-state index in [1.807, 2.05) is 6.92 Å². The number of rotatable bonds is 9. The summed E-state index contributed by atoms with van der Waals surface area (Å²) < 4.78 is 58.2. The fraction of sp³-hybridized carbons (Fsp3) is 0.476. The number of halogens is 1. The topological polar surface area (TPSA) is 131 Å². The van der Waals surface area contributed by atoms with Crippen LogP contribution in [0.15, 0.2) is 24.7 Å². The first kappa shape index (κ1) is 24.0. The Hall–Kier alpha value is -3.19. The third-order valence-corrected chi connectivity index (χ3v) is 7.45. The molecule has 0 saturated heterocycles. The average molecular weight is 493 g/mol. The fourth-order valence-electron chi connectivity index (χ4n) is 3.69.